The summed E-state index contributed by atoms with van der Waals surface area (Å²) in [5, 5.41) is 0. The van der Waals surface area contributed by atoms with E-state index in [-0.39, 0.29) is 0 Å². The lowest BCUT2D eigenvalue weighted by atomic mass is 11.8. The van der Waals surface area contributed by atoms with E-state index >= 15 is 0 Å². The van der Waals surface area contributed by atoms with Crippen molar-refractivity contribution in [2.24, 2.45) is 0 Å². The second-order valence-corrected chi connectivity index (χ2v) is 11.5. The van der Waals surface area contributed by atoms with Crippen LogP contribution < -0.4 is 0 Å². The molecule has 0 aromatic heterocycles. The maximum absolute atomic E-state index is 5.16. The molecular weight excluding hydrogens is 267 g/mol. The van der Waals surface area contributed by atoms with Crippen molar-refractivity contribution in [3.8, 4) is 0 Å². The van der Waals surface area contributed by atoms with Gasteiger partial charge in [-0.1, -0.05) is 31.9 Å². The van der Waals surface area contributed by atoms with E-state index in [0.717, 1.165) is 0 Å². The summed E-state index contributed by atoms with van der Waals surface area (Å²) in [5.74, 6) is 0. The van der Waals surface area contributed by atoms with Crippen LogP contribution in [0.3, 0.4) is 0 Å². The standard InChI is InChI=1S/C3H7Br2OSi.Al/c1-7(2,6)3(4)5;/h3H,1-2H3;/q-1;+1. The number of halogens is 2. The van der Waals surface area contributed by atoms with Gasteiger partial charge in [0.1, 0.15) is 0 Å². The van der Waals surface area contributed by atoms with Crippen molar-refractivity contribution < 1.29 is 3.48 Å². The number of hydrogen-bond acceptors (Lipinski definition) is 1. The van der Waals surface area contributed by atoms with Crippen LogP contribution >= 0.6 is 31.9 Å². The second-order valence-electron chi connectivity index (χ2n) is 2.02. The van der Waals surface area contributed by atoms with Crippen LogP contribution in [0.25, 0.3) is 0 Å². The maximum atomic E-state index is 5.16. The molecule has 46 valence electrons. The highest BCUT2D eigenvalue weighted by Crippen LogP contribution is 2.21. The zero-order chi connectivity index (χ0) is 6.78. The van der Waals surface area contributed by atoms with Crippen LogP contribution in [0, 0.1) is 0 Å². The molecule has 0 saturated heterocycles. The molecule has 2 radical (unpaired) electrons. The van der Waals surface area contributed by atoms with Gasteiger partial charge in [-0.3, -0.25) is 0 Å². The number of hydrogen-bond donors (Lipinski definition) is 0. The second kappa shape index (κ2) is 3.74. The maximum Gasteiger partial charge on any atom is 0.354 e. The van der Waals surface area contributed by atoms with Crippen molar-refractivity contribution in [2.75, 3.05) is 0 Å². The van der Waals surface area contributed by atoms with Gasteiger partial charge in [0.2, 0.25) is 0 Å². The molecule has 0 heterocycles. The molecule has 0 aromatic rings. The van der Waals surface area contributed by atoms with Crippen LogP contribution in [0.1, 0.15) is 0 Å². The van der Waals surface area contributed by atoms with Crippen molar-refractivity contribution in [3.05, 3.63) is 0 Å². The van der Waals surface area contributed by atoms with Gasteiger partial charge in [-0.25, -0.2) is 0 Å². The number of rotatable bonds is 2. The Morgan fingerprint density at radius 1 is 1.50 bits per heavy atom. The van der Waals surface area contributed by atoms with E-state index in [0.29, 0.717) is 3.36 Å². The molecule has 0 aliphatic heterocycles. The van der Waals surface area contributed by atoms with Gasteiger partial charge in [0.15, 0.2) is 8.32 Å². The topological polar surface area (TPSA) is 9.23 Å². The molecule has 0 atom stereocenters. The SMILES string of the molecule is C[Si](C)([O][Al])C(Br)Br. The molecule has 5 heteroatoms. The van der Waals surface area contributed by atoms with Crippen LogP contribution in [0.15, 0.2) is 0 Å². The van der Waals surface area contributed by atoms with Crippen molar-refractivity contribution in [2.45, 2.75) is 16.5 Å². The fourth-order valence-electron chi connectivity index (χ4n) is 0.0514. The highest BCUT2D eigenvalue weighted by molar-refractivity contribution is 9.25. The molecule has 0 fully saturated rings. The Balaban J connectivity index is 3.71. The largest absolute Gasteiger partial charge is 0.557 e. The van der Waals surface area contributed by atoms with Crippen molar-refractivity contribution >= 4 is 56.8 Å². The first-order chi connectivity index (χ1) is 3.50. The first-order valence-electron chi connectivity index (χ1n) is 2.16. The summed E-state index contributed by atoms with van der Waals surface area (Å²) in [6.07, 6.45) is 0. The molecule has 0 saturated carbocycles. The van der Waals surface area contributed by atoms with E-state index in [9.17, 15) is 0 Å². The average molecular weight is 274 g/mol. The summed E-state index contributed by atoms with van der Waals surface area (Å²) in [7, 11) is -1.46. The fourth-order valence-corrected chi connectivity index (χ4v) is 2.41. The third kappa shape index (κ3) is 3.00. The van der Waals surface area contributed by atoms with E-state index in [4.69, 9.17) is 3.48 Å². The van der Waals surface area contributed by atoms with Crippen molar-refractivity contribution in [1.29, 1.82) is 0 Å². The van der Waals surface area contributed by atoms with Gasteiger partial charge in [-0.2, -0.15) is 0 Å². The Morgan fingerprint density at radius 3 is 1.88 bits per heavy atom. The first-order valence-corrected chi connectivity index (χ1v) is 7.45. The highest BCUT2D eigenvalue weighted by Gasteiger charge is 2.26. The minimum atomic E-state index is -1.46. The Bertz CT molecular complexity index is 77.7. The third-order valence-corrected chi connectivity index (χ3v) is 10.9. The van der Waals surface area contributed by atoms with Crippen LogP contribution in [0.2, 0.25) is 13.1 Å². The minimum absolute atomic E-state index is 0.333. The molecule has 0 rings (SSSR count). The lowest BCUT2D eigenvalue weighted by molar-refractivity contribution is 0.617. The molecule has 0 bridgehead atoms. The highest BCUT2D eigenvalue weighted by atomic mass is 79.9. The molecule has 0 aromatic carbocycles. The van der Waals surface area contributed by atoms with Gasteiger partial charge in [-0.15, -0.1) is 0 Å². The molecule has 8 heavy (non-hydrogen) atoms. The van der Waals surface area contributed by atoms with Gasteiger partial charge in [0.05, 0.1) is 3.36 Å². The summed E-state index contributed by atoms with van der Waals surface area (Å²) in [4.78, 5) is 0. The monoisotopic (exact) mass is 272 g/mol. The smallest absolute Gasteiger partial charge is 0.354 e. The van der Waals surface area contributed by atoms with Crippen molar-refractivity contribution in [3.63, 3.8) is 0 Å². The average Bonchev–Trinajstić information content (AvgIpc) is 1.67. The van der Waals surface area contributed by atoms with Crippen LogP contribution in [0.5, 0.6) is 0 Å². The Kier molecular flexibility index (Phi) is 4.53. The third-order valence-electron chi connectivity index (χ3n) is 0.829. The Hall–Kier alpha value is 1.67. The molecule has 1 nitrogen and oxygen atoms in total. The van der Waals surface area contributed by atoms with E-state index < -0.39 is 8.32 Å². The predicted molar refractivity (Wildman–Crippen MR) is 46.0 cm³/mol. The molecule has 0 unspecified atom stereocenters. The van der Waals surface area contributed by atoms with E-state index in [1.165, 1.54) is 0 Å². The zero-order valence-corrected chi connectivity index (χ0v) is 10.1. The molecule has 0 aliphatic rings. The summed E-state index contributed by atoms with van der Waals surface area (Å²) in [5.41, 5.74) is 0. The zero-order valence-electron chi connectivity index (χ0n) is 4.82. The molecule has 0 aliphatic carbocycles. The van der Waals surface area contributed by atoms with Gasteiger partial charge < -0.3 is 3.48 Å². The fraction of sp³-hybridized carbons (Fsp3) is 1.00. The predicted octanol–water partition coefficient (Wildman–Crippen LogP) is 1.95. The van der Waals surface area contributed by atoms with E-state index in [2.05, 4.69) is 61.6 Å². The Morgan fingerprint density at radius 2 is 1.88 bits per heavy atom. The molecule has 0 spiro atoms. The molecule has 0 N–H and O–H groups in total. The first kappa shape index (κ1) is 9.67. The van der Waals surface area contributed by atoms with E-state index in [1.54, 1.807) is 0 Å². The number of alkyl halides is 2. The van der Waals surface area contributed by atoms with E-state index in [1.807, 2.05) is 0 Å². The summed E-state index contributed by atoms with van der Waals surface area (Å²) < 4.78 is 5.49. The van der Waals surface area contributed by atoms with Crippen molar-refractivity contribution in [1.82, 2.24) is 0 Å². The van der Waals surface area contributed by atoms with Gasteiger partial charge >= 0.3 is 16.6 Å². The lowest BCUT2D eigenvalue weighted by Crippen LogP contribution is -2.36. The quantitative estimate of drug-likeness (QED) is 0.552. The Labute approximate surface area is 76.3 Å². The molecule has 0 amide bonds. The van der Waals surface area contributed by atoms with Crippen LogP contribution in [0.4, 0.5) is 0 Å². The van der Waals surface area contributed by atoms with Gasteiger partial charge in [-0.05, 0) is 13.1 Å². The summed E-state index contributed by atoms with van der Waals surface area (Å²) >= 11 is 9.09. The van der Waals surface area contributed by atoms with Crippen LogP contribution in [-0.2, 0) is 3.48 Å². The lowest BCUT2D eigenvalue weighted by Gasteiger charge is -2.23. The van der Waals surface area contributed by atoms with Crippen LogP contribution in [-0.4, -0.2) is 28.3 Å². The molecular formula is C3H7AlBr2OSi. The normalized spacial score (nSPS) is 12.6. The summed E-state index contributed by atoms with van der Waals surface area (Å²) in [6.45, 7) is 4.24. The van der Waals surface area contributed by atoms with Gasteiger partial charge in [0.25, 0.3) is 0 Å². The minimum Gasteiger partial charge on any atom is -0.557 e. The van der Waals surface area contributed by atoms with Gasteiger partial charge in [0, 0.05) is 0 Å². The summed E-state index contributed by atoms with van der Waals surface area (Å²) in [6, 6.07) is 0.